The monoisotopic (exact) mass is 282 g/mol. The zero-order valence-electron chi connectivity index (χ0n) is 9.69. The van der Waals surface area contributed by atoms with E-state index >= 15 is 0 Å². The Hall–Kier alpha value is -0.170. The Morgan fingerprint density at radius 2 is 2.12 bits per heavy atom. The van der Waals surface area contributed by atoms with Crippen LogP contribution in [0.4, 0.5) is 0 Å². The van der Waals surface area contributed by atoms with Crippen LogP contribution < -0.4 is 0 Å². The fourth-order valence-electron chi connectivity index (χ4n) is 1.04. The standard InChI is InChI=1S/C9H15ClN2O2S2/c1-5-9(2,3)12(4)16(13,14)7-6-11-8(10)15-7/h6H,5H2,1-4H3. The zero-order chi connectivity index (χ0) is 12.6. The van der Waals surface area contributed by atoms with Crippen molar-refractivity contribution in [3.63, 3.8) is 0 Å². The average molecular weight is 283 g/mol. The second-order valence-electron chi connectivity index (χ2n) is 4.07. The van der Waals surface area contributed by atoms with Gasteiger partial charge in [0.15, 0.2) is 8.68 Å². The van der Waals surface area contributed by atoms with Gasteiger partial charge in [-0.25, -0.2) is 13.4 Å². The van der Waals surface area contributed by atoms with Crippen LogP contribution in [-0.2, 0) is 10.0 Å². The number of aromatic nitrogens is 1. The van der Waals surface area contributed by atoms with Crippen molar-refractivity contribution in [2.24, 2.45) is 0 Å². The van der Waals surface area contributed by atoms with Gasteiger partial charge in [-0.05, 0) is 20.3 Å². The van der Waals surface area contributed by atoms with E-state index < -0.39 is 15.6 Å². The molecule has 0 aromatic carbocycles. The van der Waals surface area contributed by atoms with Crippen molar-refractivity contribution in [3.05, 3.63) is 10.7 Å². The highest BCUT2D eigenvalue weighted by Crippen LogP contribution is 2.29. The van der Waals surface area contributed by atoms with Crippen LogP contribution in [-0.4, -0.2) is 30.3 Å². The molecule has 1 aromatic heterocycles. The molecular weight excluding hydrogens is 268 g/mol. The molecule has 0 aliphatic rings. The highest BCUT2D eigenvalue weighted by Gasteiger charge is 2.33. The third kappa shape index (κ3) is 2.56. The second kappa shape index (κ2) is 4.60. The maximum Gasteiger partial charge on any atom is 0.254 e. The van der Waals surface area contributed by atoms with Crippen LogP contribution in [0.15, 0.2) is 10.4 Å². The van der Waals surface area contributed by atoms with Crippen molar-refractivity contribution in [2.45, 2.75) is 36.9 Å². The van der Waals surface area contributed by atoms with Crippen molar-refractivity contribution >= 4 is 33.0 Å². The molecule has 0 radical (unpaired) electrons. The van der Waals surface area contributed by atoms with E-state index in [9.17, 15) is 8.42 Å². The summed E-state index contributed by atoms with van der Waals surface area (Å²) < 4.78 is 26.2. The molecule has 16 heavy (non-hydrogen) atoms. The molecule has 7 heteroatoms. The van der Waals surface area contributed by atoms with Crippen LogP contribution >= 0.6 is 22.9 Å². The van der Waals surface area contributed by atoms with E-state index in [4.69, 9.17) is 11.6 Å². The third-order valence-electron chi connectivity index (χ3n) is 2.79. The van der Waals surface area contributed by atoms with Gasteiger partial charge in [0.25, 0.3) is 10.0 Å². The number of nitrogens with zero attached hydrogens (tertiary/aromatic N) is 2. The van der Waals surface area contributed by atoms with E-state index in [1.165, 1.54) is 10.5 Å². The molecule has 0 atom stereocenters. The third-order valence-corrected chi connectivity index (χ3v) is 6.41. The van der Waals surface area contributed by atoms with Crippen LogP contribution in [0.5, 0.6) is 0 Å². The molecule has 0 saturated carbocycles. The van der Waals surface area contributed by atoms with E-state index in [-0.39, 0.29) is 8.68 Å². The molecular formula is C9H15ClN2O2S2. The van der Waals surface area contributed by atoms with Crippen molar-refractivity contribution in [1.82, 2.24) is 9.29 Å². The van der Waals surface area contributed by atoms with Gasteiger partial charge in [0.1, 0.15) is 0 Å². The summed E-state index contributed by atoms with van der Waals surface area (Å²) in [7, 11) is -1.91. The first-order valence-corrected chi connectivity index (χ1v) is 7.45. The summed E-state index contributed by atoms with van der Waals surface area (Å²) in [5.41, 5.74) is -0.421. The van der Waals surface area contributed by atoms with Gasteiger partial charge in [0.2, 0.25) is 0 Å². The lowest BCUT2D eigenvalue weighted by molar-refractivity contribution is 0.257. The molecule has 0 N–H and O–H groups in total. The Kier molecular flexibility index (Phi) is 3.99. The van der Waals surface area contributed by atoms with Gasteiger partial charge in [-0.2, -0.15) is 4.31 Å². The average Bonchev–Trinajstić information content (AvgIpc) is 2.64. The Labute approximate surface area is 105 Å². The van der Waals surface area contributed by atoms with E-state index in [0.29, 0.717) is 0 Å². The smallest absolute Gasteiger partial charge is 0.232 e. The predicted molar refractivity (Wildman–Crippen MR) is 66.4 cm³/mol. The van der Waals surface area contributed by atoms with Gasteiger partial charge in [-0.3, -0.25) is 0 Å². The fraction of sp³-hybridized carbons (Fsp3) is 0.667. The minimum Gasteiger partial charge on any atom is -0.232 e. The Morgan fingerprint density at radius 3 is 2.50 bits per heavy atom. The Balaban J connectivity index is 3.13. The number of sulfonamides is 1. The van der Waals surface area contributed by atoms with Crippen molar-refractivity contribution in [2.75, 3.05) is 7.05 Å². The summed E-state index contributed by atoms with van der Waals surface area (Å²) in [5.74, 6) is 0. The van der Waals surface area contributed by atoms with Gasteiger partial charge in [0, 0.05) is 12.6 Å². The number of halogens is 1. The molecule has 0 bridgehead atoms. The first-order valence-electron chi connectivity index (χ1n) is 4.82. The molecule has 0 aliphatic heterocycles. The number of hydrogen-bond acceptors (Lipinski definition) is 4. The van der Waals surface area contributed by atoms with Crippen molar-refractivity contribution in [3.8, 4) is 0 Å². The van der Waals surface area contributed by atoms with Crippen LogP contribution in [0.2, 0.25) is 4.47 Å². The molecule has 0 fully saturated rings. The van der Waals surface area contributed by atoms with Crippen LogP contribution in [0.25, 0.3) is 0 Å². The number of hydrogen-bond donors (Lipinski definition) is 0. The summed E-state index contributed by atoms with van der Waals surface area (Å²) in [5, 5.41) is 0. The topological polar surface area (TPSA) is 50.3 Å². The molecule has 0 amide bonds. The van der Waals surface area contributed by atoms with Gasteiger partial charge in [0.05, 0.1) is 6.20 Å². The molecule has 1 heterocycles. The lowest BCUT2D eigenvalue weighted by Crippen LogP contribution is -2.44. The van der Waals surface area contributed by atoms with Crippen molar-refractivity contribution < 1.29 is 8.42 Å². The van der Waals surface area contributed by atoms with Gasteiger partial charge in [-0.15, -0.1) is 0 Å². The summed E-state index contributed by atoms with van der Waals surface area (Å²) in [6, 6.07) is 0. The van der Waals surface area contributed by atoms with E-state index in [0.717, 1.165) is 17.8 Å². The minimum atomic E-state index is -3.48. The normalized spacial score (nSPS) is 13.4. The SMILES string of the molecule is CCC(C)(C)N(C)S(=O)(=O)c1cnc(Cl)s1. The maximum atomic E-state index is 12.2. The lowest BCUT2D eigenvalue weighted by Gasteiger charge is -2.33. The van der Waals surface area contributed by atoms with E-state index in [2.05, 4.69) is 4.98 Å². The van der Waals surface area contributed by atoms with Crippen LogP contribution in [0.1, 0.15) is 27.2 Å². The quantitative estimate of drug-likeness (QED) is 0.853. The largest absolute Gasteiger partial charge is 0.254 e. The number of thiazole rings is 1. The van der Waals surface area contributed by atoms with Crippen LogP contribution in [0, 0.1) is 0 Å². The highest BCUT2D eigenvalue weighted by atomic mass is 35.5. The van der Waals surface area contributed by atoms with E-state index in [1.54, 1.807) is 7.05 Å². The maximum absolute atomic E-state index is 12.2. The molecule has 1 aromatic rings. The molecule has 1 rings (SSSR count). The first kappa shape index (κ1) is 13.9. The Morgan fingerprint density at radius 1 is 1.56 bits per heavy atom. The molecule has 0 unspecified atom stereocenters. The molecule has 4 nitrogen and oxygen atoms in total. The summed E-state index contributed by atoms with van der Waals surface area (Å²) in [4.78, 5) is 3.75. The minimum absolute atomic E-state index is 0.182. The molecule has 0 saturated heterocycles. The zero-order valence-corrected chi connectivity index (χ0v) is 12.1. The summed E-state index contributed by atoms with van der Waals surface area (Å²) >= 11 is 6.62. The highest BCUT2D eigenvalue weighted by molar-refractivity contribution is 7.91. The lowest BCUT2D eigenvalue weighted by atomic mass is 10.0. The van der Waals surface area contributed by atoms with E-state index in [1.807, 2.05) is 20.8 Å². The predicted octanol–water partition coefficient (Wildman–Crippen LogP) is 2.61. The van der Waals surface area contributed by atoms with Crippen LogP contribution in [0.3, 0.4) is 0 Å². The number of rotatable bonds is 4. The second-order valence-corrected chi connectivity index (χ2v) is 7.88. The summed E-state index contributed by atoms with van der Waals surface area (Å²) in [6.45, 7) is 5.71. The molecule has 0 aliphatic carbocycles. The molecule has 92 valence electrons. The summed E-state index contributed by atoms with van der Waals surface area (Å²) in [6.07, 6.45) is 2.03. The molecule has 0 spiro atoms. The Bertz CT molecular complexity index is 468. The fourth-order valence-corrected chi connectivity index (χ4v) is 4.08. The van der Waals surface area contributed by atoms with Gasteiger partial charge >= 0.3 is 0 Å². The van der Waals surface area contributed by atoms with Gasteiger partial charge in [-0.1, -0.05) is 29.9 Å². The first-order chi connectivity index (χ1) is 7.21. The van der Waals surface area contributed by atoms with Crippen molar-refractivity contribution in [1.29, 1.82) is 0 Å². The van der Waals surface area contributed by atoms with Gasteiger partial charge < -0.3 is 0 Å².